The first-order chi connectivity index (χ1) is 13.7. The van der Waals surface area contributed by atoms with Crippen LogP contribution in [0.2, 0.25) is 0 Å². The monoisotopic (exact) mass is 384 g/mol. The molecule has 2 fully saturated rings. The molecule has 28 heavy (non-hydrogen) atoms. The van der Waals surface area contributed by atoms with Crippen LogP contribution in [-0.4, -0.2) is 52.4 Å². The molecule has 1 atom stereocenters. The van der Waals surface area contributed by atoms with Gasteiger partial charge in [-0.2, -0.15) is 0 Å². The van der Waals surface area contributed by atoms with E-state index in [9.17, 15) is 9.59 Å². The molecule has 0 spiro atoms. The van der Waals surface area contributed by atoms with Crippen LogP contribution in [0.1, 0.15) is 44.9 Å². The molecule has 3 N–H and O–H groups in total. The number of nitrogens with zero attached hydrogens (tertiary/aromatic N) is 3. The second-order valence-corrected chi connectivity index (χ2v) is 7.84. The van der Waals surface area contributed by atoms with Crippen molar-refractivity contribution in [1.82, 2.24) is 25.6 Å². The van der Waals surface area contributed by atoms with Gasteiger partial charge in [-0.3, -0.25) is 9.59 Å². The van der Waals surface area contributed by atoms with Gasteiger partial charge in [0.15, 0.2) is 0 Å². The topological polar surface area (TPSA) is 103 Å². The number of piperidine rings is 1. The molecule has 1 aliphatic heterocycles. The first-order valence-corrected chi connectivity index (χ1v) is 10.3. The molecule has 1 saturated carbocycles. The molecule has 8 heteroatoms. The van der Waals surface area contributed by atoms with Gasteiger partial charge in [-0.1, -0.05) is 19.3 Å². The number of hydrogen-bond donors (Lipinski definition) is 3. The molecule has 2 aliphatic rings. The number of anilines is 1. The van der Waals surface area contributed by atoms with Crippen LogP contribution >= 0.6 is 0 Å². The Morgan fingerprint density at radius 1 is 1.14 bits per heavy atom. The van der Waals surface area contributed by atoms with Crippen LogP contribution in [-0.2, 0) is 9.59 Å². The number of rotatable bonds is 5. The van der Waals surface area contributed by atoms with Gasteiger partial charge < -0.3 is 20.5 Å². The van der Waals surface area contributed by atoms with Gasteiger partial charge in [-0.25, -0.2) is 9.97 Å². The van der Waals surface area contributed by atoms with Crippen LogP contribution < -0.4 is 15.5 Å². The zero-order valence-electron chi connectivity index (χ0n) is 16.1. The number of amides is 2. The van der Waals surface area contributed by atoms with Crippen molar-refractivity contribution in [2.75, 3.05) is 24.5 Å². The van der Waals surface area contributed by atoms with E-state index in [1.165, 1.54) is 6.42 Å². The number of carbonyl (C=O) groups excluding carboxylic acids is 2. The summed E-state index contributed by atoms with van der Waals surface area (Å²) in [4.78, 5) is 38.6. The van der Waals surface area contributed by atoms with Crippen LogP contribution in [0.5, 0.6) is 0 Å². The first kappa shape index (κ1) is 18.7. The van der Waals surface area contributed by atoms with E-state index in [4.69, 9.17) is 0 Å². The van der Waals surface area contributed by atoms with Crippen molar-refractivity contribution in [2.45, 2.75) is 51.0 Å². The molecule has 150 valence electrons. The van der Waals surface area contributed by atoms with Crippen LogP contribution in [0, 0.1) is 5.92 Å². The summed E-state index contributed by atoms with van der Waals surface area (Å²) in [6, 6.07) is 2.03. The van der Waals surface area contributed by atoms with Gasteiger partial charge >= 0.3 is 0 Å². The summed E-state index contributed by atoms with van der Waals surface area (Å²) < 4.78 is 0. The molecule has 0 bridgehead atoms. The average molecular weight is 384 g/mol. The highest BCUT2D eigenvalue weighted by atomic mass is 16.2. The zero-order chi connectivity index (χ0) is 19.3. The molecule has 1 saturated heterocycles. The van der Waals surface area contributed by atoms with Gasteiger partial charge in [0.1, 0.15) is 17.8 Å². The summed E-state index contributed by atoms with van der Waals surface area (Å²) in [6.07, 6.45) is 10.7. The second-order valence-electron chi connectivity index (χ2n) is 7.84. The van der Waals surface area contributed by atoms with Crippen molar-refractivity contribution >= 4 is 28.7 Å². The number of aromatic amines is 1. The number of H-pyrrole nitrogens is 1. The summed E-state index contributed by atoms with van der Waals surface area (Å²) in [5.74, 6) is 0.880. The molecule has 0 radical (unpaired) electrons. The van der Waals surface area contributed by atoms with Crippen molar-refractivity contribution < 1.29 is 9.59 Å². The highest BCUT2D eigenvalue weighted by molar-refractivity contribution is 5.88. The predicted molar refractivity (Wildman–Crippen MR) is 107 cm³/mol. The minimum atomic E-state index is -0.120. The fraction of sp³-hybridized carbons (Fsp3) is 0.600. The standard InChI is InChI=1S/C20H28N6O2/c27-17(11-22-20(28)14-5-2-1-3-6-14)25-15-7-4-10-26(12-15)19-16-8-9-21-18(16)23-13-24-19/h8-9,13-15H,1-7,10-12H2,(H,22,28)(H,25,27)(H,21,23,24). The van der Waals surface area contributed by atoms with Crippen LogP contribution in [0.4, 0.5) is 5.82 Å². The van der Waals surface area contributed by atoms with Gasteiger partial charge in [0.2, 0.25) is 11.8 Å². The van der Waals surface area contributed by atoms with Crippen molar-refractivity contribution in [3.05, 3.63) is 18.6 Å². The lowest BCUT2D eigenvalue weighted by Gasteiger charge is -2.34. The van der Waals surface area contributed by atoms with E-state index in [1.54, 1.807) is 6.33 Å². The lowest BCUT2D eigenvalue weighted by atomic mass is 9.89. The Balaban J connectivity index is 1.29. The number of hydrogen-bond acceptors (Lipinski definition) is 5. The maximum atomic E-state index is 12.3. The third-order valence-corrected chi connectivity index (χ3v) is 5.82. The van der Waals surface area contributed by atoms with E-state index >= 15 is 0 Å². The largest absolute Gasteiger partial charge is 0.354 e. The van der Waals surface area contributed by atoms with Gasteiger partial charge in [0.25, 0.3) is 0 Å². The Bertz CT molecular complexity index is 829. The van der Waals surface area contributed by atoms with Crippen LogP contribution in [0.15, 0.2) is 18.6 Å². The molecule has 1 unspecified atom stereocenters. The molecule has 4 rings (SSSR count). The van der Waals surface area contributed by atoms with Crippen molar-refractivity contribution in [1.29, 1.82) is 0 Å². The van der Waals surface area contributed by atoms with E-state index < -0.39 is 0 Å². The predicted octanol–water partition coefficient (Wildman–Crippen LogP) is 1.74. The molecule has 2 amide bonds. The molecule has 8 nitrogen and oxygen atoms in total. The maximum absolute atomic E-state index is 12.3. The molecule has 2 aromatic heterocycles. The van der Waals surface area contributed by atoms with E-state index in [0.717, 1.165) is 61.9 Å². The smallest absolute Gasteiger partial charge is 0.239 e. The van der Waals surface area contributed by atoms with Gasteiger partial charge in [0, 0.05) is 31.2 Å². The lowest BCUT2D eigenvalue weighted by Crippen LogP contribution is -2.50. The van der Waals surface area contributed by atoms with Gasteiger partial charge in [-0.15, -0.1) is 0 Å². The SMILES string of the molecule is O=C(CNC(=O)C1CCCCC1)NC1CCCN(c2ncnc3[nH]ccc23)C1. The normalized spacial score (nSPS) is 20.9. The first-order valence-electron chi connectivity index (χ1n) is 10.3. The van der Waals surface area contributed by atoms with E-state index in [1.807, 2.05) is 12.3 Å². The number of fused-ring (bicyclic) bond motifs is 1. The van der Waals surface area contributed by atoms with Crippen LogP contribution in [0.3, 0.4) is 0 Å². The molecule has 1 aliphatic carbocycles. The summed E-state index contributed by atoms with van der Waals surface area (Å²) in [5.41, 5.74) is 0.821. The third-order valence-electron chi connectivity index (χ3n) is 5.82. The van der Waals surface area contributed by atoms with Crippen molar-refractivity contribution in [2.24, 2.45) is 5.92 Å². The Hall–Kier alpha value is -2.64. The fourth-order valence-corrected chi connectivity index (χ4v) is 4.35. The summed E-state index contributed by atoms with van der Waals surface area (Å²) >= 11 is 0. The lowest BCUT2D eigenvalue weighted by molar-refractivity contribution is -0.129. The molecule has 0 aromatic carbocycles. The van der Waals surface area contributed by atoms with Crippen molar-refractivity contribution in [3.8, 4) is 0 Å². The van der Waals surface area contributed by atoms with Crippen molar-refractivity contribution in [3.63, 3.8) is 0 Å². The average Bonchev–Trinajstić information content (AvgIpc) is 3.22. The molecule has 3 heterocycles. The van der Waals surface area contributed by atoms with E-state index in [2.05, 4.69) is 30.5 Å². The summed E-state index contributed by atoms with van der Waals surface area (Å²) in [6.45, 7) is 1.67. The minimum Gasteiger partial charge on any atom is -0.354 e. The Kier molecular flexibility index (Phi) is 5.73. The fourth-order valence-electron chi connectivity index (χ4n) is 4.35. The molecule has 2 aromatic rings. The quantitative estimate of drug-likeness (QED) is 0.729. The minimum absolute atomic E-state index is 0.0240. The van der Waals surface area contributed by atoms with Gasteiger partial charge in [0.05, 0.1) is 11.9 Å². The number of aromatic nitrogens is 3. The highest BCUT2D eigenvalue weighted by Crippen LogP contribution is 2.25. The zero-order valence-corrected chi connectivity index (χ0v) is 16.1. The molecular weight excluding hydrogens is 356 g/mol. The second kappa shape index (κ2) is 8.58. The maximum Gasteiger partial charge on any atom is 0.239 e. The third kappa shape index (κ3) is 4.26. The van der Waals surface area contributed by atoms with Crippen LogP contribution in [0.25, 0.3) is 11.0 Å². The number of nitrogens with one attached hydrogen (secondary N) is 3. The Morgan fingerprint density at radius 2 is 2.00 bits per heavy atom. The van der Waals surface area contributed by atoms with E-state index in [-0.39, 0.29) is 30.3 Å². The highest BCUT2D eigenvalue weighted by Gasteiger charge is 2.25. The summed E-state index contributed by atoms with van der Waals surface area (Å²) in [5, 5.41) is 6.88. The Labute approximate surface area is 164 Å². The van der Waals surface area contributed by atoms with E-state index in [0.29, 0.717) is 6.54 Å². The Morgan fingerprint density at radius 3 is 2.86 bits per heavy atom. The number of carbonyl (C=O) groups is 2. The summed E-state index contributed by atoms with van der Waals surface area (Å²) in [7, 11) is 0. The van der Waals surface area contributed by atoms with Gasteiger partial charge in [-0.05, 0) is 31.7 Å². The molecular formula is C20H28N6O2.